The van der Waals surface area contributed by atoms with Crippen LogP contribution in [0.5, 0.6) is 0 Å². The molecule has 4 amide bonds. The third-order valence-corrected chi connectivity index (χ3v) is 7.33. The first kappa shape index (κ1) is 27.7. The number of amides is 4. The smallest absolute Gasteiger partial charge is 0.356 e. The normalized spacial score (nSPS) is 31.4. The van der Waals surface area contributed by atoms with Gasteiger partial charge in [0.1, 0.15) is 23.8 Å². The second-order valence-electron chi connectivity index (χ2n) is 11.1. The maximum atomic E-state index is 15.3. The number of carbonyl (C=O) groups is 4. The minimum Gasteiger partial charge on any atom is -0.356 e. The Morgan fingerprint density at radius 2 is 1.89 bits per heavy atom. The van der Waals surface area contributed by atoms with Gasteiger partial charge >= 0.3 is 12.1 Å². The van der Waals surface area contributed by atoms with Crippen LogP contribution in [0.2, 0.25) is 0 Å². The molecule has 36 heavy (non-hydrogen) atoms. The van der Waals surface area contributed by atoms with Crippen molar-refractivity contribution < 1.29 is 36.7 Å². The summed E-state index contributed by atoms with van der Waals surface area (Å²) in [6, 6.07) is -2.96. The second kappa shape index (κ2) is 9.52. The van der Waals surface area contributed by atoms with Crippen LogP contribution >= 0.6 is 0 Å². The molecule has 0 aromatic carbocycles. The summed E-state index contributed by atoms with van der Waals surface area (Å²) in [5.41, 5.74) is -2.98. The van der Waals surface area contributed by atoms with Crippen LogP contribution in [0.1, 0.15) is 53.4 Å². The molecule has 1 aliphatic carbocycles. The van der Waals surface area contributed by atoms with E-state index in [4.69, 9.17) is 0 Å². The molecule has 1 saturated carbocycles. The summed E-state index contributed by atoms with van der Waals surface area (Å²) in [5.74, 6) is -5.71. The van der Waals surface area contributed by atoms with Crippen molar-refractivity contribution in [1.82, 2.24) is 20.9 Å². The van der Waals surface area contributed by atoms with Gasteiger partial charge in [-0.25, -0.2) is 4.39 Å². The van der Waals surface area contributed by atoms with Crippen molar-refractivity contribution in [1.29, 1.82) is 5.26 Å². The number of fused-ring (bicyclic) bond motifs is 2. The minimum atomic E-state index is -5.23. The van der Waals surface area contributed by atoms with E-state index in [0.717, 1.165) is 4.90 Å². The predicted molar refractivity (Wildman–Crippen MR) is 117 cm³/mol. The maximum Gasteiger partial charge on any atom is 0.471 e. The zero-order chi connectivity index (χ0) is 27.2. The van der Waals surface area contributed by atoms with E-state index in [0.29, 0.717) is 13.0 Å². The number of rotatable bonds is 6. The van der Waals surface area contributed by atoms with Gasteiger partial charge in [0.2, 0.25) is 17.7 Å². The number of likely N-dealkylation sites (tertiary alicyclic amines) is 1. The van der Waals surface area contributed by atoms with E-state index in [1.165, 1.54) is 27.7 Å². The molecule has 2 bridgehead atoms. The quantitative estimate of drug-likeness (QED) is 0.458. The first-order valence-electron chi connectivity index (χ1n) is 11.8. The molecule has 3 rings (SSSR count). The highest BCUT2D eigenvalue weighted by atomic mass is 19.4. The average molecular weight is 518 g/mol. The lowest BCUT2D eigenvalue weighted by Gasteiger charge is -2.43. The van der Waals surface area contributed by atoms with Gasteiger partial charge in [0.25, 0.3) is 0 Å². The van der Waals surface area contributed by atoms with E-state index in [1.807, 2.05) is 6.07 Å². The van der Waals surface area contributed by atoms with E-state index < -0.39 is 71.0 Å². The highest BCUT2D eigenvalue weighted by molar-refractivity contribution is 5.95. The maximum absolute atomic E-state index is 15.3. The standard InChI is InChI=1S/C23H31F4N5O4/c1-21(2,3)16(31-20(36)23(25,26)27)19(35)32-13-8-14(22(4,24)9-13)15(32)18(34)30-12(10-28)7-11-5-6-29-17(11)33/h11-16H,5-9H2,1-4H3,(H,29,33)(H,30,34)(H,31,36)/t11-,12-,13-,14-,15-,16+,22?/m0/s1. The molecule has 0 radical (unpaired) electrons. The van der Waals surface area contributed by atoms with Crippen molar-refractivity contribution >= 4 is 23.6 Å². The Hall–Kier alpha value is -2.91. The van der Waals surface area contributed by atoms with Crippen LogP contribution in [0.15, 0.2) is 0 Å². The Morgan fingerprint density at radius 1 is 1.25 bits per heavy atom. The van der Waals surface area contributed by atoms with Gasteiger partial charge in [-0.15, -0.1) is 0 Å². The third kappa shape index (κ3) is 5.42. The molecule has 0 aromatic heterocycles. The molecule has 3 aliphatic rings. The van der Waals surface area contributed by atoms with Crippen molar-refractivity contribution in [2.75, 3.05) is 6.54 Å². The molecule has 2 heterocycles. The van der Waals surface area contributed by atoms with Gasteiger partial charge in [0.15, 0.2) is 0 Å². The highest BCUT2D eigenvalue weighted by Gasteiger charge is 2.63. The molecule has 2 saturated heterocycles. The Labute approximate surface area is 206 Å². The lowest BCUT2D eigenvalue weighted by atomic mass is 9.82. The number of carbonyl (C=O) groups excluding carboxylic acids is 4. The van der Waals surface area contributed by atoms with E-state index in [1.54, 1.807) is 5.32 Å². The Bertz CT molecular complexity index is 971. The molecule has 3 fully saturated rings. The monoisotopic (exact) mass is 517 g/mol. The first-order valence-corrected chi connectivity index (χ1v) is 11.8. The minimum absolute atomic E-state index is 0.0297. The number of nitriles is 1. The fraction of sp³-hybridized carbons (Fsp3) is 0.783. The van der Waals surface area contributed by atoms with Gasteiger partial charge in [0.05, 0.1) is 6.07 Å². The van der Waals surface area contributed by atoms with Crippen LogP contribution in [0.25, 0.3) is 0 Å². The molecule has 0 aromatic rings. The Kier molecular flexibility index (Phi) is 7.32. The fourth-order valence-corrected chi connectivity index (χ4v) is 5.52. The third-order valence-electron chi connectivity index (χ3n) is 7.33. The van der Waals surface area contributed by atoms with E-state index >= 15 is 4.39 Å². The summed E-state index contributed by atoms with van der Waals surface area (Å²) < 4.78 is 54.2. The molecule has 7 atom stereocenters. The lowest BCUT2D eigenvalue weighted by molar-refractivity contribution is -0.176. The van der Waals surface area contributed by atoms with E-state index in [2.05, 4.69) is 10.6 Å². The van der Waals surface area contributed by atoms with Crippen LogP contribution in [-0.2, 0) is 19.2 Å². The second-order valence-corrected chi connectivity index (χ2v) is 11.1. The number of alkyl halides is 4. The topological polar surface area (TPSA) is 131 Å². The van der Waals surface area contributed by atoms with Gasteiger partial charge in [-0.05, 0) is 31.6 Å². The summed E-state index contributed by atoms with van der Waals surface area (Å²) in [5, 5.41) is 16.4. The molecular formula is C23H31F4N5O4. The van der Waals surface area contributed by atoms with E-state index in [-0.39, 0.29) is 25.2 Å². The molecule has 9 nitrogen and oxygen atoms in total. The summed E-state index contributed by atoms with van der Waals surface area (Å²) in [7, 11) is 0. The summed E-state index contributed by atoms with van der Waals surface area (Å²) in [4.78, 5) is 51.5. The van der Waals surface area contributed by atoms with Gasteiger partial charge in [0, 0.05) is 30.8 Å². The summed E-state index contributed by atoms with van der Waals surface area (Å²) >= 11 is 0. The van der Waals surface area contributed by atoms with Crippen LogP contribution in [0, 0.1) is 28.6 Å². The zero-order valence-corrected chi connectivity index (χ0v) is 20.5. The number of piperidine rings is 1. The van der Waals surface area contributed by atoms with Crippen molar-refractivity contribution in [3.63, 3.8) is 0 Å². The van der Waals surface area contributed by atoms with Gasteiger partial charge in [-0.1, -0.05) is 20.8 Å². The molecule has 2 aliphatic heterocycles. The van der Waals surface area contributed by atoms with Crippen molar-refractivity contribution in [2.45, 2.75) is 89.4 Å². The Morgan fingerprint density at radius 3 is 2.39 bits per heavy atom. The van der Waals surface area contributed by atoms with E-state index in [9.17, 15) is 37.6 Å². The van der Waals surface area contributed by atoms with Gasteiger partial charge in [-0.2, -0.15) is 18.4 Å². The average Bonchev–Trinajstić information content (AvgIpc) is 3.40. The van der Waals surface area contributed by atoms with Crippen molar-refractivity contribution in [3.05, 3.63) is 0 Å². The zero-order valence-electron chi connectivity index (χ0n) is 20.5. The molecule has 13 heteroatoms. The molecular weight excluding hydrogens is 486 g/mol. The molecule has 3 N–H and O–H groups in total. The summed E-state index contributed by atoms with van der Waals surface area (Å²) in [6.07, 6.45) is -4.71. The Balaban J connectivity index is 1.86. The largest absolute Gasteiger partial charge is 0.471 e. The SMILES string of the molecule is CC(C)(C)[C@H](NC(=O)C(F)(F)F)C(=O)N1[C@H]2C[C@@H]([C@H]1C(=O)N[C@H](C#N)C[C@@H]1CCNC1=O)C(C)(F)C2. The van der Waals surface area contributed by atoms with Crippen molar-refractivity contribution in [2.24, 2.45) is 17.3 Å². The first-order chi connectivity index (χ1) is 16.5. The molecule has 200 valence electrons. The predicted octanol–water partition coefficient (Wildman–Crippen LogP) is 1.33. The van der Waals surface area contributed by atoms with Crippen LogP contribution in [0.3, 0.4) is 0 Å². The van der Waals surface area contributed by atoms with Gasteiger partial charge in [-0.3, -0.25) is 19.2 Å². The number of nitrogens with zero attached hydrogens (tertiary/aromatic N) is 2. The number of nitrogens with one attached hydrogen (secondary N) is 3. The highest BCUT2D eigenvalue weighted by Crippen LogP contribution is 2.51. The fourth-order valence-electron chi connectivity index (χ4n) is 5.52. The number of hydrogen-bond donors (Lipinski definition) is 3. The summed E-state index contributed by atoms with van der Waals surface area (Å²) in [6.45, 7) is 6.15. The van der Waals surface area contributed by atoms with Crippen molar-refractivity contribution in [3.8, 4) is 6.07 Å². The van der Waals surface area contributed by atoms with Crippen LogP contribution < -0.4 is 16.0 Å². The molecule has 0 spiro atoms. The number of halogens is 4. The molecule has 1 unspecified atom stereocenters. The lowest BCUT2D eigenvalue weighted by Crippen LogP contribution is -2.64. The van der Waals surface area contributed by atoms with Crippen LogP contribution in [-0.4, -0.2) is 71.1 Å². The van der Waals surface area contributed by atoms with Gasteiger partial charge < -0.3 is 20.9 Å². The van der Waals surface area contributed by atoms with Crippen LogP contribution in [0.4, 0.5) is 17.6 Å². The number of hydrogen-bond acceptors (Lipinski definition) is 5.